The lowest BCUT2D eigenvalue weighted by molar-refractivity contribution is -0.167. The number of carbonyl (C=O) groups excluding carboxylic acids is 3. The van der Waals surface area contributed by atoms with E-state index in [0.29, 0.717) is 19.3 Å². The minimum atomic E-state index is -0.780. The van der Waals surface area contributed by atoms with Crippen LogP contribution in [0, 0.1) is 0 Å². The highest BCUT2D eigenvalue weighted by Crippen LogP contribution is 2.16. The Balaban J connectivity index is 4.13. The van der Waals surface area contributed by atoms with E-state index in [4.69, 9.17) is 14.2 Å². The normalized spacial score (nSPS) is 12.8. The van der Waals surface area contributed by atoms with Gasteiger partial charge in [0.05, 0.1) is 0 Å². The van der Waals surface area contributed by atoms with Crippen molar-refractivity contribution in [2.24, 2.45) is 0 Å². The fraction of sp³-hybridized carbons (Fsp3) is 0.700. The maximum Gasteiger partial charge on any atom is 0.306 e. The molecule has 434 valence electrons. The van der Waals surface area contributed by atoms with Crippen molar-refractivity contribution in [1.82, 2.24) is 0 Å². The molecule has 0 radical (unpaired) electrons. The van der Waals surface area contributed by atoms with Gasteiger partial charge in [0.15, 0.2) is 6.10 Å². The van der Waals surface area contributed by atoms with Gasteiger partial charge in [-0.2, -0.15) is 0 Å². The molecular weight excluding hydrogens is 937 g/mol. The van der Waals surface area contributed by atoms with Gasteiger partial charge in [0.25, 0.3) is 0 Å². The minimum absolute atomic E-state index is 0.0802. The first-order valence-corrected chi connectivity index (χ1v) is 31.9. The molecule has 1 unspecified atom stereocenters. The second kappa shape index (κ2) is 63.6. The van der Waals surface area contributed by atoms with Gasteiger partial charge in [0.2, 0.25) is 0 Å². The summed E-state index contributed by atoms with van der Waals surface area (Å²) in [5.74, 6) is -0.888. The fourth-order valence-corrected chi connectivity index (χ4v) is 8.73. The van der Waals surface area contributed by atoms with Crippen LogP contribution in [0.4, 0.5) is 0 Å². The van der Waals surface area contributed by atoms with E-state index in [9.17, 15) is 14.4 Å². The van der Waals surface area contributed by atoms with E-state index in [2.05, 4.69) is 130 Å². The van der Waals surface area contributed by atoms with Crippen LogP contribution in [-0.2, 0) is 28.6 Å². The highest BCUT2D eigenvalue weighted by molar-refractivity contribution is 5.71. The summed E-state index contributed by atoms with van der Waals surface area (Å²) in [6, 6.07) is 0. The number of ether oxygens (including phenoxy) is 3. The van der Waals surface area contributed by atoms with Crippen molar-refractivity contribution < 1.29 is 28.6 Å². The SMILES string of the molecule is CC/C=C\C/C=C\C/C=C\C/C=C\C/C=C\C/C=C\C/C=C\C/C=C\CCCCCCCCCCCCC(=O)OCC(COC(=O)CCCCCCC/C=C\CCCC)OC(=O)CCCCCCCCCCCCCC. The summed E-state index contributed by atoms with van der Waals surface area (Å²) in [7, 11) is 0. The molecule has 0 aromatic carbocycles. The molecule has 0 aromatic heterocycles. The molecular formula is C70H118O6. The molecule has 0 saturated heterocycles. The highest BCUT2D eigenvalue weighted by atomic mass is 16.6. The Labute approximate surface area is 470 Å². The Kier molecular flexibility index (Phi) is 60.3. The molecule has 0 aliphatic rings. The Hall–Kier alpha value is -3.93. The third-order valence-electron chi connectivity index (χ3n) is 13.5. The van der Waals surface area contributed by atoms with Gasteiger partial charge >= 0.3 is 17.9 Å². The van der Waals surface area contributed by atoms with Gasteiger partial charge in [-0.3, -0.25) is 14.4 Å². The van der Waals surface area contributed by atoms with Crippen molar-refractivity contribution in [3.63, 3.8) is 0 Å². The van der Waals surface area contributed by atoms with Crippen LogP contribution < -0.4 is 0 Å². The predicted octanol–water partition coefficient (Wildman–Crippen LogP) is 21.8. The van der Waals surface area contributed by atoms with Crippen LogP contribution in [0.25, 0.3) is 0 Å². The Morgan fingerprint density at radius 1 is 0.276 bits per heavy atom. The van der Waals surface area contributed by atoms with E-state index in [1.165, 1.54) is 141 Å². The van der Waals surface area contributed by atoms with Crippen molar-refractivity contribution in [1.29, 1.82) is 0 Å². The van der Waals surface area contributed by atoms with E-state index < -0.39 is 6.10 Å². The van der Waals surface area contributed by atoms with Crippen LogP contribution >= 0.6 is 0 Å². The number of rotatable bonds is 57. The Morgan fingerprint density at radius 2 is 0.526 bits per heavy atom. The summed E-state index contributed by atoms with van der Waals surface area (Å²) in [6.45, 7) is 6.48. The number of carbonyl (C=O) groups is 3. The summed E-state index contributed by atoms with van der Waals surface area (Å²) < 4.78 is 16.8. The highest BCUT2D eigenvalue weighted by Gasteiger charge is 2.19. The standard InChI is InChI=1S/C70H118O6/c1-4-7-10-13-16-19-22-24-25-26-27-28-29-30-31-32-33-34-35-36-37-38-39-40-41-42-43-44-45-46-49-51-54-57-60-63-69(72)75-66-67(65-74-68(71)62-59-56-53-50-47-21-18-15-12-9-6-3)76-70(73)64-61-58-55-52-48-23-20-17-14-11-8-5-2/h7,10,15-16,18-19,24-25,27-28,30-31,33-34,36-37,39-40,67H,4-6,8-9,11-14,17,20-23,26,29,32,35,38,41-66H2,1-3H3/b10-7-,18-15-,19-16-,25-24-,28-27-,31-30-,34-33-,37-36-,40-39-. The van der Waals surface area contributed by atoms with E-state index in [0.717, 1.165) is 116 Å². The van der Waals surface area contributed by atoms with Crippen molar-refractivity contribution in [3.05, 3.63) is 109 Å². The molecule has 0 rings (SSSR count). The maximum absolute atomic E-state index is 12.8. The quantitative estimate of drug-likeness (QED) is 0.0261. The van der Waals surface area contributed by atoms with Crippen molar-refractivity contribution in [2.45, 2.75) is 303 Å². The molecule has 76 heavy (non-hydrogen) atoms. The van der Waals surface area contributed by atoms with E-state index in [1.807, 2.05) is 0 Å². The molecule has 0 bridgehead atoms. The van der Waals surface area contributed by atoms with E-state index >= 15 is 0 Å². The molecule has 0 heterocycles. The average molecular weight is 1060 g/mol. The molecule has 0 spiro atoms. The second-order valence-corrected chi connectivity index (χ2v) is 20.9. The monoisotopic (exact) mass is 1050 g/mol. The third-order valence-corrected chi connectivity index (χ3v) is 13.5. The van der Waals surface area contributed by atoms with Crippen LogP contribution in [0.3, 0.4) is 0 Å². The first-order valence-electron chi connectivity index (χ1n) is 31.9. The molecule has 0 saturated carbocycles. The lowest BCUT2D eigenvalue weighted by Gasteiger charge is -2.18. The molecule has 0 N–H and O–H groups in total. The minimum Gasteiger partial charge on any atom is -0.462 e. The zero-order valence-electron chi connectivity index (χ0n) is 49.7. The van der Waals surface area contributed by atoms with Crippen molar-refractivity contribution in [3.8, 4) is 0 Å². The molecule has 0 aromatic rings. The van der Waals surface area contributed by atoms with Crippen molar-refractivity contribution in [2.75, 3.05) is 13.2 Å². The zero-order chi connectivity index (χ0) is 55.0. The van der Waals surface area contributed by atoms with Gasteiger partial charge in [-0.05, 0) is 103 Å². The van der Waals surface area contributed by atoms with Gasteiger partial charge in [-0.15, -0.1) is 0 Å². The summed E-state index contributed by atoms with van der Waals surface area (Å²) in [4.78, 5) is 38.1. The van der Waals surface area contributed by atoms with Crippen LogP contribution in [0.15, 0.2) is 109 Å². The smallest absolute Gasteiger partial charge is 0.306 e. The first kappa shape index (κ1) is 72.1. The van der Waals surface area contributed by atoms with Gasteiger partial charge in [-0.25, -0.2) is 0 Å². The Morgan fingerprint density at radius 3 is 0.855 bits per heavy atom. The van der Waals surface area contributed by atoms with Gasteiger partial charge in [-0.1, -0.05) is 284 Å². The van der Waals surface area contributed by atoms with Crippen LogP contribution in [0.1, 0.15) is 297 Å². The van der Waals surface area contributed by atoms with Crippen LogP contribution in [-0.4, -0.2) is 37.2 Å². The van der Waals surface area contributed by atoms with Crippen LogP contribution in [0.2, 0.25) is 0 Å². The second-order valence-electron chi connectivity index (χ2n) is 20.9. The number of allylic oxidation sites excluding steroid dienone is 18. The van der Waals surface area contributed by atoms with Crippen LogP contribution in [0.5, 0.6) is 0 Å². The summed E-state index contributed by atoms with van der Waals surface area (Å²) >= 11 is 0. The maximum atomic E-state index is 12.8. The number of esters is 3. The third kappa shape index (κ3) is 60.9. The van der Waals surface area contributed by atoms with Gasteiger partial charge in [0.1, 0.15) is 13.2 Å². The molecule has 0 aliphatic carbocycles. The zero-order valence-corrected chi connectivity index (χ0v) is 49.7. The van der Waals surface area contributed by atoms with Gasteiger partial charge in [0, 0.05) is 19.3 Å². The summed E-state index contributed by atoms with van der Waals surface area (Å²) in [5.41, 5.74) is 0. The number of hydrogen-bond acceptors (Lipinski definition) is 6. The molecule has 0 fully saturated rings. The fourth-order valence-electron chi connectivity index (χ4n) is 8.73. The Bertz CT molecular complexity index is 1540. The largest absolute Gasteiger partial charge is 0.462 e. The molecule has 6 heteroatoms. The average Bonchev–Trinajstić information content (AvgIpc) is 3.42. The lowest BCUT2D eigenvalue weighted by Crippen LogP contribution is -2.30. The van der Waals surface area contributed by atoms with E-state index in [-0.39, 0.29) is 31.1 Å². The van der Waals surface area contributed by atoms with Crippen molar-refractivity contribution >= 4 is 17.9 Å². The number of hydrogen-bond donors (Lipinski definition) is 0. The molecule has 0 aliphatic heterocycles. The topological polar surface area (TPSA) is 78.9 Å². The number of unbranched alkanes of at least 4 members (excludes halogenated alkanes) is 28. The van der Waals surface area contributed by atoms with Gasteiger partial charge < -0.3 is 14.2 Å². The molecule has 0 amide bonds. The summed E-state index contributed by atoms with van der Waals surface area (Å²) in [5, 5.41) is 0. The predicted molar refractivity (Wildman–Crippen MR) is 330 cm³/mol. The molecule has 1 atom stereocenters. The first-order chi connectivity index (χ1) is 37.5. The summed E-state index contributed by atoms with van der Waals surface area (Å²) in [6.07, 6.45) is 86.8. The van der Waals surface area contributed by atoms with E-state index in [1.54, 1.807) is 0 Å². The lowest BCUT2D eigenvalue weighted by atomic mass is 10.0. The molecule has 6 nitrogen and oxygen atoms in total.